The normalized spacial score (nSPS) is 19.8. The zero-order valence-electron chi connectivity index (χ0n) is 21.6. The van der Waals surface area contributed by atoms with Gasteiger partial charge in [-0.25, -0.2) is 0 Å². The Morgan fingerprint density at radius 2 is 1.97 bits per heavy atom. The Morgan fingerprint density at radius 1 is 1.16 bits per heavy atom. The van der Waals surface area contributed by atoms with E-state index in [-0.39, 0.29) is 23.6 Å². The number of H-pyrrole nitrogens is 1. The molecule has 1 N–H and O–H groups in total. The highest BCUT2D eigenvalue weighted by molar-refractivity contribution is 6.07. The summed E-state index contributed by atoms with van der Waals surface area (Å²) in [6.45, 7) is 8.42. The molecule has 3 aromatic heterocycles. The van der Waals surface area contributed by atoms with Gasteiger partial charge in [0.15, 0.2) is 0 Å². The fraction of sp³-hybridized carbons (Fsp3) is 0.481. The highest BCUT2D eigenvalue weighted by atomic mass is 16.5. The van der Waals surface area contributed by atoms with Crippen molar-refractivity contribution in [2.45, 2.75) is 45.3 Å². The van der Waals surface area contributed by atoms with Crippen LogP contribution in [0.5, 0.6) is 0 Å². The van der Waals surface area contributed by atoms with Crippen LogP contribution in [0.15, 0.2) is 35.4 Å². The van der Waals surface area contributed by atoms with Gasteiger partial charge in [-0.2, -0.15) is 10.2 Å². The zero-order valence-corrected chi connectivity index (χ0v) is 21.6. The number of nitrogens with one attached hydrogen (secondary N) is 1. The summed E-state index contributed by atoms with van der Waals surface area (Å²) < 4.78 is 9.41. The third-order valence-corrected chi connectivity index (χ3v) is 8.01. The lowest BCUT2D eigenvalue weighted by Gasteiger charge is -2.40. The summed E-state index contributed by atoms with van der Waals surface area (Å²) in [5, 5.41) is 10.3. The van der Waals surface area contributed by atoms with Gasteiger partial charge in [-0.05, 0) is 50.5 Å². The highest BCUT2D eigenvalue weighted by Gasteiger charge is 2.29. The molecule has 0 saturated carbocycles. The second kappa shape index (κ2) is 9.42. The Kier molecular flexibility index (Phi) is 6.08. The van der Waals surface area contributed by atoms with Gasteiger partial charge in [0.2, 0.25) is 0 Å². The Bertz CT molecular complexity index is 1530. The standard InChI is InChI=1S/C27H33N7O3/c1-17-12-24-22(25-23(26(35)30-24)14-29-34(25)19-5-10-37-11-6-19)13-21(17)27(36)33-9-8-32(18(2)15-33)16-20-4-7-28-31(20)3/h4,7,12-14,18-19H,5-6,8-11,15-16H2,1-3H3,(H,30,35)/t18-/m0/s1. The van der Waals surface area contributed by atoms with Crippen molar-refractivity contribution < 1.29 is 9.53 Å². The molecule has 0 radical (unpaired) electrons. The van der Waals surface area contributed by atoms with E-state index in [0.717, 1.165) is 53.6 Å². The topological polar surface area (TPSA) is 101 Å². The van der Waals surface area contributed by atoms with Crippen molar-refractivity contribution in [1.82, 2.24) is 34.3 Å². The van der Waals surface area contributed by atoms with Crippen molar-refractivity contribution in [2.24, 2.45) is 7.05 Å². The number of aromatic nitrogens is 5. The maximum atomic E-state index is 13.8. The predicted molar refractivity (Wildman–Crippen MR) is 141 cm³/mol. The van der Waals surface area contributed by atoms with Crippen LogP contribution in [-0.2, 0) is 18.3 Å². The number of rotatable bonds is 4. The average Bonchev–Trinajstić information content (AvgIpc) is 3.52. The largest absolute Gasteiger partial charge is 0.381 e. The van der Waals surface area contributed by atoms with E-state index in [1.54, 1.807) is 6.20 Å². The van der Waals surface area contributed by atoms with Crippen LogP contribution in [0, 0.1) is 6.92 Å². The molecule has 1 atom stereocenters. The van der Waals surface area contributed by atoms with Gasteiger partial charge in [-0.15, -0.1) is 0 Å². The van der Waals surface area contributed by atoms with Crippen molar-refractivity contribution in [3.63, 3.8) is 0 Å². The molecule has 10 nitrogen and oxygen atoms in total. The molecule has 2 aliphatic heterocycles. The van der Waals surface area contributed by atoms with Crippen LogP contribution in [0.3, 0.4) is 0 Å². The first-order valence-electron chi connectivity index (χ1n) is 13.0. The SMILES string of the molecule is Cc1cc2[nH]c(=O)c3cnn(C4CCOCC4)c3c2cc1C(=O)N1CCN(Cc2ccnn2C)[C@@H](C)C1. The Labute approximate surface area is 214 Å². The van der Waals surface area contributed by atoms with Crippen LogP contribution < -0.4 is 5.56 Å². The number of aryl methyl sites for hydroxylation is 2. The van der Waals surface area contributed by atoms with E-state index in [1.165, 1.54) is 0 Å². The molecule has 5 heterocycles. The number of hydrogen-bond acceptors (Lipinski definition) is 6. The first kappa shape index (κ1) is 23.9. The van der Waals surface area contributed by atoms with E-state index >= 15 is 0 Å². The molecular weight excluding hydrogens is 470 g/mol. The Balaban J connectivity index is 1.32. The second-order valence-electron chi connectivity index (χ2n) is 10.4. The van der Waals surface area contributed by atoms with Gasteiger partial charge in [0, 0.05) is 69.6 Å². The molecule has 0 aliphatic carbocycles. The number of nitrogens with zero attached hydrogens (tertiary/aromatic N) is 6. The number of piperazine rings is 1. The van der Waals surface area contributed by atoms with E-state index in [9.17, 15) is 9.59 Å². The summed E-state index contributed by atoms with van der Waals surface area (Å²) >= 11 is 0. The monoisotopic (exact) mass is 503 g/mol. The molecule has 1 amide bonds. The minimum atomic E-state index is -0.155. The number of aromatic amines is 1. The maximum absolute atomic E-state index is 13.8. The number of amides is 1. The second-order valence-corrected chi connectivity index (χ2v) is 10.4. The van der Waals surface area contributed by atoms with Crippen molar-refractivity contribution in [3.05, 3.63) is 57.8 Å². The summed E-state index contributed by atoms with van der Waals surface area (Å²) in [6, 6.07) is 6.32. The van der Waals surface area contributed by atoms with Crippen molar-refractivity contribution in [3.8, 4) is 0 Å². The van der Waals surface area contributed by atoms with Gasteiger partial charge in [-0.1, -0.05) is 0 Å². The lowest BCUT2D eigenvalue weighted by atomic mass is 10.0. The smallest absolute Gasteiger partial charge is 0.259 e. The highest BCUT2D eigenvalue weighted by Crippen LogP contribution is 2.30. The van der Waals surface area contributed by atoms with Crippen molar-refractivity contribution in [1.29, 1.82) is 0 Å². The van der Waals surface area contributed by atoms with E-state index < -0.39 is 0 Å². The van der Waals surface area contributed by atoms with Gasteiger partial charge in [0.05, 0.1) is 34.4 Å². The molecule has 2 fully saturated rings. The molecule has 0 spiro atoms. The molecule has 37 heavy (non-hydrogen) atoms. The summed E-state index contributed by atoms with van der Waals surface area (Å²) in [6.07, 6.45) is 5.17. The van der Waals surface area contributed by atoms with E-state index in [1.807, 2.05) is 52.6 Å². The fourth-order valence-corrected chi connectivity index (χ4v) is 5.78. The van der Waals surface area contributed by atoms with Crippen LogP contribution in [0.25, 0.3) is 21.8 Å². The van der Waals surface area contributed by atoms with Crippen LogP contribution in [0.4, 0.5) is 0 Å². The molecule has 6 rings (SSSR count). The number of ether oxygens (including phenoxy) is 1. The summed E-state index contributed by atoms with van der Waals surface area (Å²) in [4.78, 5) is 34.0. The van der Waals surface area contributed by atoms with Crippen LogP contribution in [0.1, 0.15) is 47.4 Å². The number of carbonyl (C=O) groups is 1. The van der Waals surface area contributed by atoms with Gasteiger partial charge in [0.25, 0.3) is 11.5 Å². The minimum absolute atomic E-state index is 0.0305. The molecule has 0 bridgehead atoms. The van der Waals surface area contributed by atoms with E-state index in [0.29, 0.717) is 37.3 Å². The Morgan fingerprint density at radius 3 is 2.70 bits per heavy atom. The lowest BCUT2D eigenvalue weighted by molar-refractivity contribution is 0.0488. The molecule has 10 heteroatoms. The van der Waals surface area contributed by atoms with Crippen LogP contribution >= 0.6 is 0 Å². The number of carbonyl (C=O) groups excluding carboxylic acids is 1. The molecule has 0 unspecified atom stereocenters. The predicted octanol–water partition coefficient (Wildman–Crippen LogP) is 2.62. The molecule has 2 saturated heterocycles. The van der Waals surface area contributed by atoms with Gasteiger partial charge in [-0.3, -0.25) is 23.9 Å². The van der Waals surface area contributed by atoms with Gasteiger partial charge >= 0.3 is 0 Å². The van der Waals surface area contributed by atoms with E-state index in [2.05, 4.69) is 27.0 Å². The molecule has 1 aromatic carbocycles. The first-order chi connectivity index (χ1) is 17.9. The first-order valence-corrected chi connectivity index (χ1v) is 13.0. The maximum Gasteiger partial charge on any atom is 0.259 e. The average molecular weight is 504 g/mol. The third-order valence-electron chi connectivity index (χ3n) is 8.01. The number of pyridine rings is 1. The minimum Gasteiger partial charge on any atom is -0.381 e. The van der Waals surface area contributed by atoms with Crippen molar-refractivity contribution in [2.75, 3.05) is 32.8 Å². The third kappa shape index (κ3) is 4.23. The van der Waals surface area contributed by atoms with Gasteiger partial charge < -0.3 is 14.6 Å². The molecule has 4 aromatic rings. The number of benzene rings is 1. The quantitative estimate of drug-likeness (QED) is 0.460. The van der Waals surface area contributed by atoms with Gasteiger partial charge in [0.1, 0.15) is 0 Å². The summed E-state index contributed by atoms with van der Waals surface area (Å²) in [7, 11) is 1.96. The molecular formula is C27H33N7O3. The number of fused-ring (bicyclic) bond motifs is 3. The zero-order chi connectivity index (χ0) is 25.7. The van der Waals surface area contributed by atoms with Crippen LogP contribution in [-0.4, -0.2) is 79.1 Å². The van der Waals surface area contributed by atoms with Crippen molar-refractivity contribution >= 4 is 27.7 Å². The molecule has 194 valence electrons. The summed E-state index contributed by atoms with van der Waals surface area (Å²) in [5.41, 5.74) is 4.07. The lowest BCUT2D eigenvalue weighted by Crippen LogP contribution is -2.53. The number of hydrogen-bond donors (Lipinski definition) is 1. The molecule has 2 aliphatic rings. The summed E-state index contributed by atoms with van der Waals surface area (Å²) in [5.74, 6) is 0.0305. The van der Waals surface area contributed by atoms with E-state index in [4.69, 9.17) is 4.74 Å². The van der Waals surface area contributed by atoms with Crippen LogP contribution in [0.2, 0.25) is 0 Å². The Hall–Kier alpha value is -3.50. The fourth-order valence-electron chi connectivity index (χ4n) is 5.78.